The number of piperidine rings is 1. The number of carbonyl (C=O) groups excluding carboxylic acids is 1. The van der Waals surface area contributed by atoms with Crippen molar-refractivity contribution in [2.45, 2.75) is 33.6 Å². The number of rotatable bonds is 3. The summed E-state index contributed by atoms with van der Waals surface area (Å²) in [4.78, 5) is 13.6. The number of quaternary nitrogens is 1. The molecule has 0 aliphatic carbocycles. The molecule has 1 fully saturated rings. The minimum atomic E-state index is 0.141. The molecule has 104 valence electrons. The summed E-state index contributed by atoms with van der Waals surface area (Å²) in [5.74, 6) is 0.965. The lowest BCUT2D eigenvalue weighted by Crippen LogP contribution is -3.14. The molecule has 19 heavy (non-hydrogen) atoms. The first-order valence-corrected chi connectivity index (χ1v) is 7.26. The van der Waals surface area contributed by atoms with Gasteiger partial charge in [0.05, 0.1) is 13.1 Å². The van der Waals surface area contributed by atoms with E-state index in [9.17, 15) is 4.79 Å². The van der Waals surface area contributed by atoms with Gasteiger partial charge in [0.2, 0.25) is 0 Å². The minimum absolute atomic E-state index is 0.141. The Hall–Kier alpha value is -1.35. The number of benzene rings is 1. The summed E-state index contributed by atoms with van der Waals surface area (Å²) in [7, 11) is 0. The van der Waals surface area contributed by atoms with Crippen molar-refractivity contribution >= 4 is 11.6 Å². The second kappa shape index (κ2) is 6.20. The van der Waals surface area contributed by atoms with Crippen LogP contribution in [0.25, 0.3) is 0 Å². The third-order valence-electron chi connectivity index (χ3n) is 4.14. The van der Waals surface area contributed by atoms with Gasteiger partial charge in [-0.25, -0.2) is 0 Å². The van der Waals surface area contributed by atoms with Gasteiger partial charge in [0.1, 0.15) is 0 Å². The van der Waals surface area contributed by atoms with E-state index in [2.05, 4.69) is 12.2 Å². The molecule has 0 unspecified atom stereocenters. The topological polar surface area (TPSA) is 33.5 Å². The highest BCUT2D eigenvalue weighted by Crippen LogP contribution is 2.18. The molecule has 1 saturated heterocycles. The van der Waals surface area contributed by atoms with Crippen molar-refractivity contribution in [3.8, 4) is 0 Å². The number of nitrogens with one attached hydrogen (secondary N) is 2. The second-order valence-electron chi connectivity index (χ2n) is 5.92. The molecule has 0 spiro atoms. The molecule has 2 N–H and O–H groups in total. The van der Waals surface area contributed by atoms with Gasteiger partial charge in [-0.1, -0.05) is 25.1 Å². The van der Waals surface area contributed by atoms with E-state index in [1.165, 1.54) is 17.7 Å². The Bertz CT molecular complexity index is 428. The van der Waals surface area contributed by atoms with Crippen LogP contribution >= 0.6 is 0 Å². The number of anilines is 1. The summed E-state index contributed by atoms with van der Waals surface area (Å²) in [5.41, 5.74) is 3.25. The van der Waals surface area contributed by atoms with Crippen LogP contribution in [0, 0.1) is 19.8 Å². The maximum absolute atomic E-state index is 12.1. The maximum atomic E-state index is 12.1. The molecule has 1 aliphatic heterocycles. The van der Waals surface area contributed by atoms with E-state index in [0.717, 1.165) is 35.8 Å². The van der Waals surface area contributed by atoms with Gasteiger partial charge in [0.15, 0.2) is 6.54 Å². The fourth-order valence-corrected chi connectivity index (χ4v) is 2.77. The average Bonchev–Trinajstić information content (AvgIpc) is 2.37. The van der Waals surface area contributed by atoms with Crippen LogP contribution in [0.2, 0.25) is 0 Å². The number of carbonyl (C=O) groups is 1. The lowest BCUT2D eigenvalue weighted by atomic mass is 9.99. The first-order valence-electron chi connectivity index (χ1n) is 7.26. The summed E-state index contributed by atoms with van der Waals surface area (Å²) in [6.45, 7) is 9.23. The first-order chi connectivity index (χ1) is 9.06. The van der Waals surface area contributed by atoms with Gasteiger partial charge in [0.25, 0.3) is 5.91 Å². The summed E-state index contributed by atoms with van der Waals surface area (Å²) in [6, 6.07) is 6.10. The molecule has 1 aliphatic rings. The highest BCUT2D eigenvalue weighted by molar-refractivity contribution is 5.93. The van der Waals surface area contributed by atoms with E-state index in [1.807, 2.05) is 32.0 Å². The van der Waals surface area contributed by atoms with Crippen LogP contribution in [0.1, 0.15) is 30.9 Å². The first kappa shape index (κ1) is 14.1. The predicted molar refractivity (Wildman–Crippen MR) is 78.5 cm³/mol. The van der Waals surface area contributed by atoms with Gasteiger partial charge < -0.3 is 10.2 Å². The van der Waals surface area contributed by atoms with Crippen molar-refractivity contribution in [2.24, 2.45) is 5.92 Å². The normalized spacial score (nSPS) is 23.1. The Morgan fingerprint density at radius 3 is 2.42 bits per heavy atom. The quantitative estimate of drug-likeness (QED) is 0.850. The summed E-state index contributed by atoms with van der Waals surface area (Å²) >= 11 is 0. The van der Waals surface area contributed by atoms with Crippen molar-refractivity contribution < 1.29 is 9.69 Å². The SMILES string of the molecule is Cc1cccc(C)c1NC(=O)C[NH+]1CCC(C)CC1. The monoisotopic (exact) mass is 261 g/mol. The second-order valence-corrected chi connectivity index (χ2v) is 5.92. The Labute approximate surface area is 116 Å². The molecule has 1 heterocycles. The van der Waals surface area contributed by atoms with Crippen molar-refractivity contribution in [3.05, 3.63) is 29.3 Å². The van der Waals surface area contributed by atoms with E-state index in [1.54, 1.807) is 0 Å². The molecule has 1 aromatic rings. The summed E-state index contributed by atoms with van der Waals surface area (Å²) in [6.07, 6.45) is 2.48. The Morgan fingerprint density at radius 1 is 1.26 bits per heavy atom. The predicted octanol–water partition coefficient (Wildman–Crippen LogP) is 1.56. The van der Waals surface area contributed by atoms with Gasteiger partial charge in [-0.3, -0.25) is 4.79 Å². The lowest BCUT2D eigenvalue weighted by Gasteiger charge is -2.26. The standard InChI is InChI=1S/C16H24N2O/c1-12-7-9-18(10-8-12)11-15(19)17-16-13(2)5-4-6-14(16)3/h4-6,12H,7-11H2,1-3H3,(H,17,19)/p+1. The van der Waals surface area contributed by atoms with Crippen molar-refractivity contribution in [1.82, 2.24) is 0 Å². The van der Waals surface area contributed by atoms with Gasteiger partial charge in [0, 0.05) is 5.69 Å². The van der Waals surface area contributed by atoms with Crippen LogP contribution in [0.5, 0.6) is 0 Å². The van der Waals surface area contributed by atoms with Crippen molar-refractivity contribution in [3.63, 3.8) is 0 Å². The summed E-state index contributed by atoms with van der Waals surface area (Å²) in [5, 5.41) is 3.08. The van der Waals surface area contributed by atoms with Crippen molar-refractivity contribution in [1.29, 1.82) is 0 Å². The zero-order valence-electron chi connectivity index (χ0n) is 12.3. The van der Waals surface area contributed by atoms with E-state index in [-0.39, 0.29) is 5.91 Å². The fourth-order valence-electron chi connectivity index (χ4n) is 2.77. The maximum Gasteiger partial charge on any atom is 0.279 e. The van der Waals surface area contributed by atoms with Crippen LogP contribution in [0.4, 0.5) is 5.69 Å². The fraction of sp³-hybridized carbons (Fsp3) is 0.562. The number of hydrogen-bond donors (Lipinski definition) is 2. The Balaban J connectivity index is 1.91. The molecule has 0 aromatic heterocycles. The van der Waals surface area contributed by atoms with E-state index < -0.39 is 0 Å². The van der Waals surface area contributed by atoms with Gasteiger partial charge in [-0.15, -0.1) is 0 Å². The van der Waals surface area contributed by atoms with Gasteiger partial charge in [-0.2, -0.15) is 0 Å². The van der Waals surface area contributed by atoms with Crippen LogP contribution in [0.15, 0.2) is 18.2 Å². The average molecular weight is 261 g/mol. The molecular weight excluding hydrogens is 236 g/mol. The third-order valence-corrected chi connectivity index (χ3v) is 4.14. The number of para-hydroxylation sites is 1. The molecule has 0 saturated carbocycles. The minimum Gasteiger partial charge on any atom is -0.327 e. The lowest BCUT2D eigenvalue weighted by molar-refractivity contribution is -0.897. The van der Waals surface area contributed by atoms with E-state index in [0.29, 0.717) is 6.54 Å². The molecule has 0 radical (unpaired) electrons. The van der Waals surface area contributed by atoms with Crippen LogP contribution in [0.3, 0.4) is 0 Å². The number of aryl methyl sites for hydroxylation is 2. The molecule has 0 atom stereocenters. The zero-order chi connectivity index (χ0) is 13.8. The highest BCUT2D eigenvalue weighted by Gasteiger charge is 2.21. The highest BCUT2D eigenvalue weighted by atomic mass is 16.2. The van der Waals surface area contributed by atoms with Crippen LogP contribution in [-0.4, -0.2) is 25.5 Å². The van der Waals surface area contributed by atoms with Crippen molar-refractivity contribution in [2.75, 3.05) is 25.0 Å². The molecular formula is C16H25N2O+. The molecule has 0 bridgehead atoms. The van der Waals surface area contributed by atoms with E-state index in [4.69, 9.17) is 0 Å². The Kier molecular flexibility index (Phi) is 4.59. The summed E-state index contributed by atoms with van der Waals surface area (Å²) < 4.78 is 0. The number of hydrogen-bond acceptors (Lipinski definition) is 1. The molecule has 1 amide bonds. The van der Waals surface area contributed by atoms with E-state index >= 15 is 0 Å². The molecule has 1 aromatic carbocycles. The van der Waals surface area contributed by atoms with Gasteiger partial charge >= 0.3 is 0 Å². The van der Waals surface area contributed by atoms with Crippen LogP contribution in [-0.2, 0) is 4.79 Å². The zero-order valence-corrected chi connectivity index (χ0v) is 12.3. The van der Waals surface area contributed by atoms with Gasteiger partial charge in [-0.05, 0) is 43.7 Å². The number of likely N-dealkylation sites (tertiary alicyclic amines) is 1. The third kappa shape index (κ3) is 3.80. The molecule has 2 rings (SSSR count). The largest absolute Gasteiger partial charge is 0.327 e. The smallest absolute Gasteiger partial charge is 0.279 e. The molecule has 3 heteroatoms. The molecule has 3 nitrogen and oxygen atoms in total. The Morgan fingerprint density at radius 2 is 1.84 bits per heavy atom. The van der Waals surface area contributed by atoms with Crippen LogP contribution < -0.4 is 10.2 Å². The number of amides is 1.